The first-order chi connectivity index (χ1) is 8.22. The zero-order chi connectivity index (χ0) is 11.6. The fourth-order valence-corrected chi connectivity index (χ4v) is 4.12. The van der Waals surface area contributed by atoms with E-state index < -0.39 is 0 Å². The summed E-state index contributed by atoms with van der Waals surface area (Å²) in [5.41, 5.74) is 0.900. The molecule has 1 aliphatic heterocycles. The Morgan fingerprint density at radius 2 is 2.00 bits per heavy atom. The van der Waals surface area contributed by atoms with Crippen LogP contribution in [0, 0.1) is 11.8 Å². The normalized spacial score (nSPS) is 46.7. The lowest BCUT2D eigenvalue weighted by atomic mass is 9.82. The molecule has 5 atom stereocenters. The maximum absolute atomic E-state index is 10.3. The van der Waals surface area contributed by atoms with Gasteiger partial charge in [-0.25, -0.2) is 0 Å². The van der Waals surface area contributed by atoms with E-state index in [1.165, 1.54) is 12.8 Å². The Morgan fingerprint density at radius 3 is 2.65 bits per heavy atom. The van der Waals surface area contributed by atoms with E-state index in [1.807, 2.05) is 24.3 Å². The average molecular weight is 251 g/mol. The van der Waals surface area contributed by atoms with Crippen LogP contribution in [-0.2, 0) is 4.74 Å². The lowest BCUT2D eigenvalue weighted by molar-refractivity contribution is 0.0319. The molecule has 1 heterocycles. The molecule has 3 heteroatoms. The molecule has 1 aromatic carbocycles. The van der Waals surface area contributed by atoms with Gasteiger partial charge in [0.2, 0.25) is 0 Å². The molecule has 2 bridgehead atoms. The summed E-state index contributed by atoms with van der Waals surface area (Å²) in [4.78, 5) is 0. The van der Waals surface area contributed by atoms with Crippen LogP contribution in [0.4, 0.5) is 0 Å². The van der Waals surface area contributed by atoms with Gasteiger partial charge >= 0.3 is 0 Å². The minimum Gasteiger partial charge on any atom is -0.390 e. The summed E-state index contributed by atoms with van der Waals surface area (Å²) >= 11 is 5.89. The second-order valence-electron chi connectivity index (χ2n) is 5.62. The highest BCUT2D eigenvalue weighted by atomic mass is 35.5. The molecule has 1 N–H and O–H groups in total. The molecule has 90 valence electrons. The number of hydrogen-bond donors (Lipinski definition) is 1. The van der Waals surface area contributed by atoms with Crippen LogP contribution in [0.5, 0.6) is 0 Å². The van der Waals surface area contributed by atoms with Gasteiger partial charge in [0.25, 0.3) is 0 Å². The van der Waals surface area contributed by atoms with Gasteiger partial charge in [-0.3, -0.25) is 0 Å². The van der Waals surface area contributed by atoms with Crippen LogP contribution in [0.25, 0.3) is 0 Å². The van der Waals surface area contributed by atoms with Gasteiger partial charge in [-0.1, -0.05) is 23.7 Å². The van der Waals surface area contributed by atoms with Gasteiger partial charge in [0, 0.05) is 5.02 Å². The number of aliphatic hydroxyl groups is 1. The number of epoxide rings is 1. The van der Waals surface area contributed by atoms with E-state index in [-0.39, 0.29) is 17.8 Å². The standard InChI is InChI=1S/C14H15ClO2/c15-11-5-2-8(3-6-11)13-14(17-13)10-4-1-9(7-10)12(14)16/h2-3,5-6,9-10,12-13,16H,1,4,7H2/t9-,10+,12-,13+,14+/m0/s1. The van der Waals surface area contributed by atoms with Crippen LogP contribution in [-0.4, -0.2) is 16.8 Å². The number of fused-ring (bicyclic) bond motifs is 3. The van der Waals surface area contributed by atoms with Crippen LogP contribution in [0.3, 0.4) is 0 Å². The maximum atomic E-state index is 10.3. The van der Waals surface area contributed by atoms with Crippen molar-refractivity contribution in [2.24, 2.45) is 11.8 Å². The van der Waals surface area contributed by atoms with Crippen LogP contribution in [0.15, 0.2) is 24.3 Å². The van der Waals surface area contributed by atoms with E-state index in [0.29, 0.717) is 11.8 Å². The Bertz CT molecular complexity index is 454. The van der Waals surface area contributed by atoms with E-state index in [9.17, 15) is 5.11 Å². The molecule has 1 spiro atoms. The van der Waals surface area contributed by atoms with Crippen molar-refractivity contribution in [2.45, 2.75) is 37.1 Å². The third-order valence-corrected chi connectivity index (χ3v) is 5.12. The van der Waals surface area contributed by atoms with Crippen molar-refractivity contribution in [3.63, 3.8) is 0 Å². The summed E-state index contributed by atoms with van der Waals surface area (Å²) in [6.45, 7) is 0. The predicted octanol–water partition coefficient (Wildman–Crippen LogP) is 2.94. The molecule has 0 amide bonds. The summed E-state index contributed by atoms with van der Waals surface area (Å²) < 4.78 is 5.94. The number of hydrogen-bond acceptors (Lipinski definition) is 2. The summed E-state index contributed by atoms with van der Waals surface area (Å²) in [6, 6.07) is 7.82. The highest BCUT2D eigenvalue weighted by Gasteiger charge is 2.72. The first-order valence-electron chi connectivity index (χ1n) is 6.33. The number of aliphatic hydroxyl groups excluding tert-OH is 1. The molecular weight excluding hydrogens is 236 g/mol. The van der Waals surface area contributed by atoms with Crippen molar-refractivity contribution in [3.8, 4) is 0 Å². The Hall–Kier alpha value is -0.570. The molecule has 2 aliphatic carbocycles. The van der Waals surface area contributed by atoms with Gasteiger partial charge in [-0.05, 0) is 48.8 Å². The molecule has 0 unspecified atom stereocenters. The maximum Gasteiger partial charge on any atom is 0.128 e. The second kappa shape index (κ2) is 3.25. The molecule has 0 aromatic heterocycles. The van der Waals surface area contributed by atoms with Gasteiger partial charge in [0.05, 0.1) is 6.10 Å². The third-order valence-electron chi connectivity index (χ3n) is 4.87. The highest BCUT2D eigenvalue weighted by Crippen LogP contribution is 2.67. The van der Waals surface area contributed by atoms with E-state index >= 15 is 0 Å². The fraction of sp³-hybridized carbons (Fsp3) is 0.571. The zero-order valence-corrected chi connectivity index (χ0v) is 10.2. The predicted molar refractivity (Wildman–Crippen MR) is 64.8 cm³/mol. The monoisotopic (exact) mass is 250 g/mol. The first-order valence-corrected chi connectivity index (χ1v) is 6.71. The fourth-order valence-electron chi connectivity index (χ4n) is 3.99. The molecule has 4 rings (SSSR count). The van der Waals surface area contributed by atoms with Gasteiger partial charge in [0.15, 0.2) is 0 Å². The highest BCUT2D eigenvalue weighted by molar-refractivity contribution is 6.30. The molecule has 3 aliphatic rings. The third kappa shape index (κ3) is 1.24. The SMILES string of the molecule is O[C@H]1[C@H]2CC[C@H](C2)[C@@]12O[C@@H]2c1ccc(Cl)cc1. The smallest absolute Gasteiger partial charge is 0.128 e. The summed E-state index contributed by atoms with van der Waals surface area (Å²) in [7, 11) is 0. The van der Waals surface area contributed by atoms with E-state index in [4.69, 9.17) is 16.3 Å². The van der Waals surface area contributed by atoms with E-state index in [0.717, 1.165) is 17.0 Å². The number of rotatable bonds is 1. The van der Waals surface area contributed by atoms with Crippen molar-refractivity contribution >= 4 is 11.6 Å². The van der Waals surface area contributed by atoms with Crippen molar-refractivity contribution in [1.29, 1.82) is 0 Å². The molecule has 3 fully saturated rings. The Morgan fingerprint density at radius 1 is 1.24 bits per heavy atom. The number of halogens is 1. The van der Waals surface area contributed by atoms with E-state index in [2.05, 4.69) is 0 Å². The van der Waals surface area contributed by atoms with Crippen LogP contribution in [0.2, 0.25) is 5.02 Å². The molecule has 2 saturated carbocycles. The van der Waals surface area contributed by atoms with Crippen LogP contribution >= 0.6 is 11.6 Å². The minimum atomic E-state index is -0.262. The zero-order valence-electron chi connectivity index (χ0n) is 9.47. The second-order valence-corrected chi connectivity index (χ2v) is 6.05. The summed E-state index contributed by atoms with van der Waals surface area (Å²) in [5, 5.41) is 11.1. The summed E-state index contributed by atoms with van der Waals surface area (Å²) in [6.07, 6.45) is 3.36. The topological polar surface area (TPSA) is 32.8 Å². The van der Waals surface area contributed by atoms with Crippen LogP contribution in [0.1, 0.15) is 30.9 Å². The quantitative estimate of drug-likeness (QED) is 0.778. The minimum absolute atomic E-state index is 0.0880. The average Bonchev–Trinajstić information content (AvgIpc) is 2.77. The molecule has 17 heavy (non-hydrogen) atoms. The summed E-state index contributed by atoms with van der Waals surface area (Å²) in [5.74, 6) is 1.03. The lowest BCUT2D eigenvalue weighted by Gasteiger charge is -2.24. The van der Waals surface area contributed by atoms with Crippen molar-refractivity contribution in [1.82, 2.24) is 0 Å². The number of ether oxygens (including phenoxy) is 1. The van der Waals surface area contributed by atoms with Gasteiger partial charge in [-0.15, -0.1) is 0 Å². The van der Waals surface area contributed by atoms with Crippen LogP contribution < -0.4 is 0 Å². The number of benzene rings is 1. The van der Waals surface area contributed by atoms with Crippen molar-refractivity contribution < 1.29 is 9.84 Å². The largest absolute Gasteiger partial charge is 0.390 e. The Balaban J connectivity index is 1.65. The van der Waals surface area contributed by atoms with Crippen molar-refractivity contribution in [3.05, 3.63) is 34.9 Å². The molecule has 1 saturated heterocycles. The molecule has 1 aromatic rings. The molecule has 2 nitrogen and oxygen atoms in total. The Labute approximate surface area is 106 Å². The molecule has 0 radical (unpaired) electrons. The Kier molecular flexibility index (Phi) is 1.98. The molecular formula is C14H15ClO2. The van der Waals surface area contributed by atoms with Gasteiger partial charge in [-0.2, -0.15) is 0 Å². The van der Waals surface area contributed by atoms with Crippen molar-refractivity contribution in [2.75, 3.05) is 0 Å². The van der Waals surface area contributed by atoms with Gasteiger partial charge in [0.1, 0.15) is 11.7 Å². The van der Waals surface area contributed by atoms with Gasteiger partial charge < -0.3 is 9.84 Å². The first kappa shape index (κ1) is 10.4. The van der Waals surface area contributed by atoms with E-state index in [1.54, 1.807) is 0 Å². The lowest BCUT2D eigenvalue weighted by Crippen LogP contribution is -2.36.